The van der Waals surface area contributed by atoms with E-state index in [9.17, 15) is 4.79 Å². The lowest BCUT2D eigenvalue weighted by Gasteiger charge is -2.18. The van der Waals surface area contributed by atoms with Crippen LogP contribution in [0, 0.1) is 6.92 Å². The molecule has 2 aromatic heterocycles. The highest BCUT2D eigenvalue weighted by Crippen LogP contribution is 2.39. The molecule has 1 saturated carbocycles. The summed E-state index contributed by atoms with van der Waals surface area (Å²) in [7, 11) is 0. The number of aromatic nitrogens is 3. The largest absolute Gasteiger partial charge is 0.448 e. The van der Waals surface area contributed by atoms with Gasteiger partial charge in [-0.05, 0) is 32.6 Å². The molecule has 7 nitrogen and oxygen atoms in total. The highest BCUT2D eigenvalue weighted by molar-refractivity contribution is 6.02. The van der Waals surface area contributed by atoms with Gasteiger partial charge >= 0.3 is 0 Å². The van der Waals surface area contributed by atoms with Crippen LogP contribution in [0.3, 0.4) is 0 Å². The van der Waals surface area contributed by atoms with Crippen LogP contribution in [0.15, 0.2) is 16.7 Å². The molecular formula is C17H20N4O3. The number of aryl methyl sites for hydroxylation is 1. The third kappa shape index (κ3) is 3.31. The van der Waals surface area contributed by atoms with Crippen molar-refractivity contribution in [3.63, 3.8) is 0 Å². The summed E-state index contributed by atoms with van der Waals surface area (Å²) in [4.78, 5) is 25.5. The average molecular weight is 328 g/mol. The Labute approximate surface area is 139 Å². The van der Waals surface area contributed by atoms with Crippen molar-refractivity contribution in [1.82, 2.24) is 15.0 Å². The van der Waals surface area contributed by atoms with E-state index in [1.807, 2.05) is 13.0 Å². The topological polar surface area (TPSA) is 90.1 Å². The fraction of sp³-hybridized carbons (Fsp3) is 0.529. The summed E-state index contributed by atoms with van der Waals surface area (Å²) < 4.78 is 10.8. The quantitative estimate of drug-likeness (QED) is 0.928. The number of carbonyl (C=O) groups excluding carboxylic acids is 1. The van der Waals surface area contributed by atoms with Gasteiger partial charge in [0, 0.05) is 36.8 Å². The van der Waals surface area contributed by atoms with Crippen LogP contribution in [-0.4, -0.2) is 34.1 Å². The molecule has 0 spiro atoms. The minimum absolute atomic E-state index is 0.225. The number of anilines is 1. The van der Waals surface area contributed by atoms with E-state index < -0.39 is 0 Å². The highest BCUT2D eigenvalue weighted by Gasteiger charge is 2.26. The number of amides is 1. The van der Waals surface area contributed by atoms with Gasteiger partial charge in [0.2, 0.25) is 0 Å². The fourth-order valence-electron chi connectivity index (χ4n) is 2.95. The second kappa shape index (κ2) is 6.32. The summed E-state index contributed by atoms with van der Waals surface area (Å²) in [6.07, 6.45) is 5.47. The first-order chi connectivity index (χ1) is 11.7. The van der Waals surface area contributed by atoms with E-state index in [1.54, 1.807) is 0 Å². The van der Waals surface area contributed by atoms with Gasteiger partial charge in [0.1, 0.15) is 17.9 Å². The second-order valence-corrected chi connectivity index (χ2v) is 6.41. The Morgan fingerprint density at radius 3 is 2.67 bits per heavy atom. The molecule has 24 heavy (non-hydrogen) atoms. The lowest BCUT2D eigenvalue weighted by molar-refractivity contribution is 0.0794. The van der Waals surface area contributed by atoms with Gasteiger partial charge < -0.3 is 14.5 Å². The van der Waals surface area contributed by atoms with Crippen LogP contribution >= 0.6 is 0 Å². The third-order valence-electron chi connectivity index (χ3n) is 4.42. The first kappa shape index (κ1) is 15.3. The monoisotopic (exact) mass is 328 g/mol. The lowest BCUT2D eigenvalue weighted by atomic mass is 10.0. The van der Waals surface area contributed by atoms with Crippen molar-refractivity contribution in [2.45, 2.75) is 44.4 Å². The Hall–Kier alpha value is -2.28. The molecule has 1 saturated heterocycles. The van der Waals surface area contributed by atoms with Crippen LogP contribution < -0.4 is 5.32 Å². The number of hydrogen-bond acceptors (Lipinski definition) is 6. The van der Waals surface area contributed by atoms with Crippen molar-refractivity contribution in [1.29, 1.82) is 0 Å². The average Bonchev–Trinajstić information content (AvgIpc) is 3.32. The van der Waals surface area contributed by atoms with Gasteiger partial charge in [-0.3, -0.25) is 4.79 Å². The normalized spacial score (nSPS) is 18.5. The number of rotatable bonds is 4. The Balaban J connectivity index is 1.47. The van der Waals surface area contributed by atoms with Gasteiger partial charge in [0.05, 0.1) is 0 Å². The van der Waals surface area contributed by atoms with E-state index >= 15 is 0 Å². The molecule has 0 radical (unpaired) electrons. The zero-order valence-corrected chi connectivity index (χ0v) is 13.6. The molecule has 4 rings (SSSR count). The van der Waals surface area contributed by atoms with E-state index in [1.165, 1.54) is 6.26 Å². The smallest absolute Gasteiger partial charge is 0.278 e. The molecule has 3 heterocycles. The zero-order chi connectivity index (χ0) is 16.5. The van der Waals surface area contributed by atoms with E-state index in [4.69, 9.17) is 9.15 Å². The van der Waals surface area contributed by atoms with Crippen LogP contribution in [-0.2, 0) is 4.74 Å². The van der Waals surface area contributed by atoms with E-state index in [-0.39, 0.29) is 17.5 Å². The highest BCUT2D eigenvalue weighted by atomic mass is 16.5. The van der Waals surface area contributed by atoms with Crippen molar-refractivity contribution >= 4 is 11.7 Å². The summed E-state index contributed by atoms with van der Waals surface area (Å²) >= 11 is 0. The molecule has 1 amide bonds. The molecule has 0 atom stereocenters. The molecule has 2 aliphatic rings. The molecule has 2 aromatic rings. The molecule has 0 aromatic carbocycles. The predicted molar refractivity (Wildman–Crippen MR) is 86.0 cm³/mol. The van der Waals surface area contributed by atoms with Crippen molar-refractivity contribution in [2.75, 3.05) is 18.5 Å². The molecule has 1 N–H and O–H groups in total. The predicted octanol–water partition coefficient (Wildman–Crippen LogP) is 2.80. The lowest BCUT2D eigenvalue weighted by Crippen LogP contribution is -2.16. The molecule has 1 aliphatic carbocycles. The van der Waals surface area contributed by atoms with E-state index in [0.29, 0.717) is 36.7 Å². The van der Waals surface area contributed by atoms with Gasteiger partial charge in [0.15, 0.2) is 11.6 Å². The summed E-state index contributed by atoms with van der Waals surface area (Å²) in [5.41, 5.74) is 1.28. The van der Waals surface area contributed by atoms with Gasteiger partial charge in [0.25, 0.3) is 5.91 Å². The van der Waals surface area contributed by atoms with E-state index in [2.05, 4.69) is 20.3 Å². The number of nitrogens with one attached hydrogen (secondary N) is 1. The Kier molecular flexibility index (Phi) is 4.02. The van der Waals surface area contributed by atoms with Gasteiger partial charge in [-0.1, -0.05) is 0 Å². The number of oxazole rings is 1. The fourth-order valence-corrected chi connectivity index (χ4v) is 2.95. The Morgan fingerprint density at radius 2 is 1.92 bits per heavy atom. The standard InChI is InChI=1S/C17H20N4O3/c1-10-18-13(11-2-3-11)8-15(19-10)21-16(22)14-9-24-17(20-14)12-4-6-23-7-5-12/h8-9,11-12H,2-7H2,1H3,(H,18,19,21,22). The minimum atomic E-state index is -0.308. The zero-order valence-electron chi connectivity index (χ0n) is 13.6. The van der Waals surface area contributed by atoms with Crippen LogP contribution in [0.2, 0.25) is 0 Å². The first-order valence-corrected chi connectivity index (χ1v) is 8.39. The number of ether oxygens (including phenoxy) is 1. The number of nitrogens with zero attached hydrogens (tertiary/aromatic N) is 3. The maximum Gasteiger partial charge on any atom is 0.278 e. The molecule has 7 heteroatoms. The van der Waals surface area contributed by atoms with Crippen molar-refractivity contribution in [3.8, 4) is 0 Å². The Bertz CT molecular complexity index is 748. The molecule has 0 unspecified atom stereocenters. The summed E-state index contributed by atoms with van der Waals surface area (Å²) in [5, 5.41) is 2.80. The van der Waals surface area contributed by atoms with Crippen LogP contribution in [0.25, 0.3) is 0 Å². The van der Waals surface area contributed by atoms with Gasteiger partial charge in [-0.25, -0.2) is 15.0 Å². The SMILES string of the molecule is Cc1nc(NC(=O)c2coc(C3CCOCC3)n2)cc(C2CC2)n1. The minimum Gasteiger partial charge on any atom is -0.448 e. The number of hydrogen-bond donors (Lipinski definition) is 1. The number of carbonyl (C=O) groups is 1. The van der Waals surface area contributed by atoms with Gasteiger partial charge in [-0.15, -0.1) is 0 Å². The Morgan fingerprint density at radius 1 is 1.12 bits per heavy atom. The van der Waals surface area contributed by atoms with E-state index in [0.717, 1.165) is 31.4 Å². The maximum absolute atomic E-state index is 12.4. The summed E-state index contributed by atoms with van der Waals surface area (Å²) in [6.45, 7) is 3.25. The summed E-state index contributed by atoms with van der Waals surface area (Å²) in [6, 6.07) is 1.85. The molecular weight excluding hydrogens is 308 g/mol. The maximum atomic E-state index is 12.4. The van der Waals surface area contributed by atoms with Gasteiger partial charge in [-0.2, -0.15) is 0 Å². The van der Waals surface area contributed by atoms with Crippen LogP contribution in [0.4, 0.5) is 5.82 Å². The summed E-state index contributed by atoms with van der Waals surface area (Å²) in [5.74, 6) is 2.22. The van der Waals surface area contributed by atoms with Crippen LogP contribution in [0.5, 0.6) is 0 Å². The van der Waals surface area contributed by atoms with Crippen LogP contribution in [0.1, 0.15) is 65.4 Å². The van der Waals surface area contributed by atoms with Crippen molar-refractivity contribution < 1.29 is 13.9 Å². The molecule has 126 valence electrons. The first-order valence-electron chi connectivity index (χ1n) is 8.39. The van der Waals surface area contributed by atoms with Crippen molar-refractivity contribution in [3.05, 3.63) is 35.4 Å². The third-order valence-corrected chi connectivity index (χ3v) is 4.42. The molecule has 1 aliphatic heterocycles. The molecule has 2 fully saturated rings. The molecule has 0 bridgehead atoms. The second-order valence-electron chi connectivity index (χ2n) is 6.41. The van der Waals surface area contributed by atoms with Crippen molar-refractivity contribution in [2.24, 2.45) is 0 Å².